The van der Waals surface area contributed by atoms with Crippen molar-refractivity contribution in [3.8, 4) is 22.6 Å². The molecule has 2 aromatic carbocycles. The molecule has 0 radical (unpaired) electrons. The van der Waals surface area contributed by atoms with Crippen LogP contribution in [0.15, 0.2) is 42.5 Å². The van der Waals surface area contributed by atoms with Crippen LogP contribution in [0.2, 0.25) is 0 Å². The lowest BCUT2D eigenvalue weighted by molar-refractivity contribution is 0.356. The first kappa shape index (κ1) is 14.0. The molecule has 1 fully saturated rings. The molecule has 2 aromatic rings. The van der Waals surface area contributed by atoms with Crippen molar-refractivity contribution in [1.82, 2.24) is 5.32 Å². The number of nitrogens with one attached hydrogen (secondary N) is 1. The van der Waals surface area contributed by atoms with E-state index in [0.29, 0.717) is 0 Å². The maximum Gasteiger partial charge on any atom is 0.168 e. The molecule has 3 rings (SSSR count). The molecule has 0 spiro atoms. The monoisotopic (exact) mass is 283 g/mol. The van der Waals surface area contributed by atoms with Crippen molar-refractivity contribution in [3.63, 3.8) is 0 Å². The molecule has 1 aliphatic carbocycles. The van der Waals surface area contributed by atoms with Crippen LogP contribution in [0.5, 0.6) is 11.5 Å². The Labute approximate surface area is 125 Å². The quantitative estimate of drug-likeness (QED) is 0.878. The SMILES string of the molecule is COc1cccc(-c2ccc(CNC3CC3)cc2)c1OC. The fourth-order valence-corrected chi connectivity index (χ4v) is 2.47. The minimum Gasteiger partial charge on any atom is -0.493 e. The topological polar surface area (TPSA) is 30.5 Å². The summed E-state index contributed by atoms with van der Waals surface area (Å²) < 4.78 is 10.9. The van der Waals surface area contributed by atoms with E-state index in [1.54, 1.807) is 14.2 Å². The lowest BCUT2D eigenvalue weighted by Crippen LogP contribution is -2.14. The van der Waals surface area contributed by atoms with Gasteiger partial charge in [-0.25, -0.2) is 0 Å². The van der Waals surface area contributed by atoms with Crippen LogP contribution < -0.4 is 14.8 Å². The molecule has 1 aliphatic rings. The van der Waals surface area contributed by atoms with Crippen LogP contribution >= 0.6 is 0 Å². The molecule has 1 saturated carbocycles. The molecule has 1 N–H and O–H groups in total. The summed E-state index contributed by atoms with van der Waals surface area (Å²) in [5.74, 6) is 1.54. The Hall–Kier alpha value is -2.00. The van der Waals surface area contributed by atoms with Crippen LogP contribution in [0, 0.1) is 0 Å². The summed E-state index contributed by atoms with van der Waals surface area (Å²) in [6.45, 7) is 0.945. The standard InChI is InChI=1S/C18H21NO2/c1-20-17-5-3-4-16(18(17)21-2)14-8-6-13(7-9-14)12-19-15-10-11-15/h3-9,15,19H,10-12H2,1-2H3. The van der Waals surface area contributed by atoms with E-state index in [9.17, 15) is 0 Å². The fourth-order valence-electron chi connectivity index (χ4n) is 2.47. The highest BCUT2D eigenvalue weighted by Crippen LogP contribution is 2.37. The third-order valence-corrected chi connectivity index (χ3v) is 3.84. The number of hydrogen-bond acceptors (Lipinski definition) is 3. The molecule has 21 heavy (non-hydrogen) atoms. The summed E-state index contributed by atoms with van der Waals surface area (Å²) in [4.78, 5) is 0. The molecule has 0 aromatic heterocycles. The molecule has 110 valence electrons. The first-order valence-corrected chi connectivity index (χ1v) is 7.35. The van der Waals surface area contributed by atoms with E-state index < -0.39 is 0 Å². The number of methoxy groups -OCH3 is 2. The van der Waals surface area contributed by atoms with Crippen molar-refractivity contribution in [2.24, 2.45) is 0 Å². The lowest BCUT2D eigenvalue weighted by Gasteiger charge is -2.13. The van der Waals surface area contributed by atoms with E-state index in [4.69, 9.17) is 9.47 Å². The van der Waals surface area contributed by atoms with E-state index in [-0.39, 0.29) is 0 Å². The van der Waals surface area contributed by atoms with Gasteiger partial charge in [0.2, 0.25) is 0 Å². The number of benzene rings is 2. The summed E-state index contributed by atoms with van der Waals surface area (Å²) >= 11 is 0. The van der Waals surface area contributed by atoms with E-state index in [1.807, 2.05) is 12.1 Å². The molecular formula is C18H21NO2. The molecule has 0 aliphatic heterocycles. The van der Waals surface area contributed by atoms with Crippen molar-refractivity contribution in [3.05, 3.63) is 48.0 Å². The minimum atomic E-state index is 0.739. The van der Waals surface area contributed by atoms with Gasteiger partial charge in [-0.15, -0.1) is 0 Å². The van der Waals surface area contributed by atoms with E-state index in [2.05, 4.69) is 35.6 Å². The van der Waals surface area contributed by atoms with E-state index in [1.165, 1.54) is 18.4 Å². The second kappa shape index (κ2) is 6.19. The van der Waals surface area contributed by atoms with Crippen molar-refractivity contribution < 1.29 is 9.47 Å². The zero-order chi connectivity index (χ0) is 14.7. The van der Waals surface area contributed by atoms with Gasteiger partial charge in [0.25, 0.3) is 0 Å². The van der Waals surface area contributed by atoms with Gasteiger partial charge >= 0.3 is 0 Å². The number of ether oxygens (including phenoxy) is 2. The lowest BCUT2D eigenvalue weighted by atomic mass is 10.0. The molecular weight excluding hydrogens is 262 g/mol. The Morgan fingerprint density at radius 1 is 1.00 bits per heavy atom. The van der Waals surface area contributed by atoms with Crippen LogP contribution in [-0.2, 0) is 6.54 Å². The minimum absolute atomic E-state index is 0.739. The van der Waals surface area contributed by atoms with Crippen LogP contribution in [0.3, 0.4) is 0 Å². The van der Waals surface area contributed by atoms with Gasteiger partial charge in [-0.05, 0) is 30.0 Å². The maximum absolute atomic E-state index is 5.50. The Morgan fingerprint density at radius 2 is 1.76 bits per heavy atom. The number of para-hydroxylation sites is 1. The number of hydrogen-bond donors (Lipinski definition) is 1. The smallest absolute Gasteiger partial charge is 0.168 e. The molecule has 0 amide bonds. The summed E-state index contributed by atoms with van der Waals surface area (Å²) in [6.07, 6.45) is 2.64. The zero-order valence-electron chi connectivity index (χ0n) is 12.6. The van der Waals surface area contributed by atoms with E-state index >= 15 is 0 Å². The largest absolute Gasteiger partial charge is 0.493 e. The Balaban J connectivity index is 1.82. The predicted octanol–water partition coefficient (Wildman–Crippen LogP) is 3.62. The first-order chi connectivity index (χ1) is 10.3. The highest BCUT2D eigenvalue weighted by atomic mass is 16.5. The van der Waals surface area contributed by atoms with Crippen molar-refractivity contribution in [2.75, 3.05) is 14.2 Å². The van der Waals surface area contributed by atoms with Crippen molar-refractivity contribution >= 4 is 0 Å². The third-order valence-electron chi connectivity index (χ3n) is 3.84. The van der Waals surface area contributed by atoms with Gasteiger partial charge in [-0.2, -0.15) is 0 Å². The molecule has 0 unspecified atom stereocenters. The Bertz CT molecular complexity index is 603. The van der Waals surface area contributed by atoms with Gasteiger partial charge in [0.1, 0.15) is 0 Å². The van der Waals surface area contributed by atoms with Gasteiger partial charge in [-0.1, -0.05) is 36.4 Å². The van der Waals surface area contributed by atoms with Gasteiger partial charge in [0.15, 0.2) is 11.5 Å². The molecule has 3 heteroatoms. The van der Waals surface area contributed by atoms with Gasteiger partial charge in [-0.3, -0.25) is 0 Å². The van der Waals surface area contributed by atoms with Crippen LogP contribution in [0.4, 0.5) is 0 Å². The van der Waals surface area contributed by atoms with Gasteiger partial charge in [0, 0.05) is 18.2 Å². The summed E-state index contributed by atoms with van der Waals surface area (Å²) in [6, 6.07) is 15.3. The highest BCUT2D eigenvalue weighted by molar-refractivity contribution is 5.73. The fraction of sp³-hybridized carbons (Fsp3) is 0.333. The van der Waals surface area contributed by atoms with Crippen molar-refractivity contribution in [2.45, 2.75) is 25.4 Å². The number of rotatable bonds is 6. The summed E-state index contributed by atoms with van der Waals surface area (Å²) in [7, 11) is 3.34. The second-order valence-corrected chi connectivity index (χ2v) is 5.39. The average molecular weight is 283 g/mol. The molecule has 0 heterocycles. The van der Waals surface area contributed by atoms with Crippen molar-refractivity contribution in [1.29, 1.82) is 0 Å². The van der Waals surface area contributed by atoms with Gasteiger partial charge < -0.3 is 14.8 Å². The molecule has 0 bridgehead atoms. The maximum atomic E-state index is 5.50. The Morgan fingerprint density at radius 3 is 2.38 bits per heavy atom. The summed E-state index contributed by atoms with van der Waals surface area (Å²) in [5, 5.41) is 3.53. The average Bonchev–Trinajstić information content (AvgIpc) is 3.37. The summed E-state index contributed by atoms with van der Waals surface area (Å²) in [5.41, 5.74) is 3.51. The van der Waals surface area contributed by atoms with Crippen LogP contribution in [0.25, 0.3) is 11.1 Å². The van der Waals surface area contributed by atoms with Crippen LogP contribution in [-0.4, -0.2) is 20.3 Å². The highest BCUT2D eigenvalue weighted by Gasteiger charge is 2.19. The predicted molar refractivity (Wildman–Crippen MR) is 84.8 cm³/mol. The molecule has 0 atom stereocenters. The van der Waals surface area contributed by atoms with Gasteiger partial charge in [0.05, 0.1) is 14.2 Å². The zero-order valence-corrected chi connectivity index (χ0v) is 12.6. The Kier molecular flexibility index (Phi) is 4.11. The molecule has 0 saturated heterocycles. The second-order valence-electron chi connectivity index (χ2n) is 5.39. The third kappa shape index (κ3) is 3.19. The first-order valence-electron chi connectivity index (χ1n) is 7.35. The van der Waals surface area contributed by atoms with Crippen LogP contribution in [0.1, 0.15) is 18.4 Å². The molecule has 3 nitrogen and oxygen atoms in total. The van der Waals surface area contributed by atoms with E-state index in [0.717, 1.165) is 35.2 Å². The normalized spacial score (nSPS) is 14.0.